The van der Waals surface area contributed by atoms with E-state index in [4.69, 9.17) is 4.74 Å². The van der Waals surface area contributed by atoms with Crippen LogP contribution in [-0.4, -0.2) is 26.3 Å². The Balaban J connectivity index is 1.58. The average Bonchev–Trinajstić information content (AvgIpc) is 2.67. The molecule has 2 aromatic carbocycles. The quantitative estimate of drug-likeness (QED) is 0.635. The third-order valence-electron chi connectivity index (χ3n) is 3.60. The summed E-state index contributed by atoms with van der Waals surface area (Å²) in [4.78, 5) is 26.5. The first kappa shape index (κ1) is 18.7. The number of thioether (sulfide) groups is 1. The number of benzene rings is 2. The lowest BCUT2D eigenvalue weighted by molar-refractivity contribution is -0.115. The third-order valence-corrected chi connectivity index (χ3v) is 4.57. The monoisotopic (exact) mass is 382 g/mol. The van der Waals surface area contributed by atoms with Gasteiger partial charge in [0.1, 0.15) is 17.2 Å². The molecule has 8 heteroatoms. The van der Waals surface area contributed by atoms with Crippen molar-refractivity contribution in [3.8, 4) is 11.5 Å². The number of anilines is 1. The van der Waals surface area contributed by atoms with Crippen LogP contribution >= 0.6 is 11.8 Å². The van der Waals surface area contributed by atoms with E-state index in [-0.39, 0.29) is 17.2 Å². The molecule has 1 heterocycles. The van der Waals surface area contributed by atoms with Crippen LogP contribution in [0.5, 0.6) is 11.5 Å². The number of H-pyrrole nitrogens is 1. The maximum absolute atomic E-state index is 12.3. The second kappa shape index (κ2) is 8.50. The molecule has 7 nitrogen and oxygen atoms in total. The van der Waals surface area contributed by atoms with Gasteiger partial charge in [0.05, 0.1) is 5.25 Å². The van der Waals surface area contributed by atoms with Crippen molar-refractivity contribution in [2.45, 2.75) is 24.3 Å². The molecule has 3 rings (SSSR count). The molecule has 0 fully saturated rings. The van der Waals surface area contributed by atoms with Crippen molar-refractivity contribution < 1.29 is 9.53 Å². The minimum absolute atomic E-state index is 0.208. The molecule has 0 saturated heterocycles. The van der Waals surface area contributed by atoms with E-state index in [0.29, 0.717) is 16.6 Å². The third kappa shape index (κ3) is 5.18. The first-order valence-electron chi connectivity index (χ1n) is 8.25. The summed E-state index contributed by atoms with van der Waals surface area (Å²) in [5.74, 6) is 1.21. The number of aryl methyl sites for hydroxylation is 1. The molecule has 1 amide bonds. The molecule has 1 atom stereocenters. The van der Waals surface area contributed by atoms with Crippen molar-refractivity contribution in [3.05, 3.63) is 70.6 Å². The molecule has 0 unspecified atom stereocenters. The van der Waals surface area contributed by atoms with Gasteiger partial charge >= 0.3 is 0 Å². The Labute approximate surface area is 160 Å². The van der Waals surface area contributed by atoms with Gasteiger partial charge in [-0.05, 0) is 50.2 Å². The van der Waals surface area contributed by atoms with Crippen LogP contribution in [0.3, 0.4) is 0 Å². The molecule has 2 N–H and O–H groups in total. The predicted molar refractivity (Wildman–Crippen MR) is 104 cm³/mol. The van der Waals surface area contributed by atoms with Gasteiger partial charge in [-0.25, -0.2) is 0 Å². The summed E-state index contributed by atoms with van der Waals surface area (Å²) >= 11 is 1.13. The number of ether oxygens (including phenoxy) is 1. The van der Waals surface area contributed by atoms with Gasteiger partial charge in [-0.1, -0.05) is 30.0 Å². The molecule has 0 bridgehead atoms. The van der Waals surface area contributed by atoms with Gasteiger partial charge in [0.2, 0.25) is 5.91 Å². The number of amides is 1. The highest BCUT2D eigenvalue weighted by atomic mass is 32.2. The second-order valence-electron chi connectivity index (χ2n) is 5.73. The van der Waals surface area contributed by atoms with Crippen molar-refractivity contribution in [2.24, 2.45) is 0 Å². The molecule has 0 spiro atoms. The zero-order chi connectivity index (χ0) is 19.2. The second-order valence-corrected chi connectivity index (χ2v) is 7.06. The van der Waals surface area contributed by atoms with E-state index in [1.807, 2.05) is 30.3 Å². The molecule has 27 heavy (non-hydrogen) atoms. The average molecular weight is 382 g/mol. The highest BCUT2D eigenvalue weighted by Crippen LogP contribution is 2.24. The van der Waals surface area contributed by atoms with Gasteiger partial charge in [0.15, 0.2) is 5.16 Å². The molecule has 0 aliphatic rings. The Kier molecular flexibility index (Phi) is 5.87. The summed E-state index contributed by atoms with van der Waals surface area (Å²) in [6.07, 6.45) is 0. The van der Waals surface area contributed by atoms with E-state index in [2.05, 4.69) is 20.5 Å². The number of carbonyl (C=O) groups is 1. The molecule has 138 valence electrons. The number of carbonyl (C=O) groups excluding carboxylic acids is 1. The van der Waals surface area contributed by atoms with Gasteiger partial charge in [0, 0.05) is 5.69 Å². The lowest BCUT2D eigenvalue weighted by Crippen LogP contribution is -2.23. The van der Waals surface area contributed by atoms with Crippen molar-refractivity contribution in [3.63, 3.8) is 0 Å². The number of hydrogen-bond donors (Lipinski definition) is 2. The molecular formula is C19H18N4O3S. The first-order chi connectivity index (χ1) is 13.0. The largest absolute Gasteiger partial charge is 0.457 e. The maximum Gasteiger partial charge on any atom is 0.273 e. The van der Waals surface area contributed by atoms with Crippen LogP contribution in [0.15, 0.2) is 64.5 Å². The summed E-state index contributed by atoms with van der Waals surface area (Å²) in [6, 6.07) is 16.5. The molecule has 0 aliphatic carbocycles. The number of nitrogens with one attached hydrogen (secondary N) is 2. The zero-order valence-electron chi connectivity index (χ0n) is 14.8. The Hall–Kier alpha value is -3.13. The summed E-state index contributed by atoms with van der Waals surface area (Å²) in [6.45, 7) is 3.30. The van der Waals surface area contributed by atoms with Crippen LogP contribution in [0, 0.1) is 6.92 Å². The highest BCUT2D eigenvalue weighted by molar-refractivity contribution is 8.00. The number of nitrogens with zero attached hydrogens (tertiary/aromatic N) is 2. The van der Waals surface area contributed by atoms with Crippen molar-refractivity contribution in [1.29, 1.82) is 0 Å². The topological polar surface area (TPSA) is 97.0 Å². The normalized spacial score (nSPS) is 11.6. The minimum Gasteiger partial charge on any atom is -0.457 e. The van der Waals surface area contributed by atoms with Gasteiger partial charge in [-0.2, -0.15) is 0 Å². The molecule has 0 saturated carbocycles. The molecule has 0 radical (unpaired) electrons. The predicted octanol–water partition coefficient (Wildman–Crippen LogP) is 3.38. The van der Waals surface area contributed by atoms with E-state index in [1.165, 1.54) is 0 Å². The Morgan fingerprint density at radius 3 is 2.41 bits per heavy atom. The first-order valence-corrected chi connectivity index (χ1v) is 9.13. The fourth-order valence-electron chi connectivity index (χ4n) is 2.13. The number of hydrogen-bond acceptors (Lipinski definition) is 6. The Bertz CT molecular complexity index is 974. The van der Waals surface area contributed by atoms with Gasteiger partial charge in [-0.3, -0.25) is 14.6 Å². The Morgan fingerprint density at radius 1 is 1.07 bits per heavy atom. The molecular weight excluding hydrogens is 364 g/mol. The Morgan fingerprint density at radius 2 is 1.74 bits per heavy atom. The molecule has 0 aliphatic heterocycles. The maximum atomic E-state index is 12.3. The lowest BCUT2D eigenvalue weighted by atomic mass is 10.3. The fourth-order valence-corrected chi connectivity index (χ4v) is 2.87. The highest BCUT2D eigenvalue weighted by Gasteiger charge is 2.16. The standard InChI is InChI=1S/C19H18N4O3S/c1-12-17(24)21-19(23-22-12)27-13(2)18(25)20-14-8-10-16(11-9-14)26-15-6-4-3-5-7-15/h3-11,13H,1-2H3,(H,20,25)(H,21,23,24)/t13-/m0/s1. The van der Waals surface area contributed by atoms with Crippen LogP contribution in [-0.2, 0) is 4.79 Å². The lowest BCUT2D eigenvalue weighted by Gasteiger charge is -2.12. The van der Waals surface area contributed by atoms with Crippen LogP contribution in [0.25, 0.3) is 0 Å². The summed E-state index contributed by atoms with van der Waals surface area (Å²) < 4.78 is 5.72. The summed E-state index contributed by atoms with van der Waals surface area (Å²) in [7, 11) is 0. The SMILES string of the molecule is Cc1nnc(S[C@@H](C)C(=O)Nc2ccc(Oc3ccccc3)cc2)[nH]c1=O. The zero-order valence-corrected chi connectivity index (χ0v) is 15.6. The smallest absolute Gasteiger partial charge is 0.273 e. The number of aromatic nitrogens is 3. The van der Waals surface area contributed by atoms with E-state index in [9.17, 15) is 9.59 Å². The minimum atomic E-state index is -0.460. The van der Waals surface area contributed by atoms with Crippen molar-refractivity contribution in [2.75, 3.05) is 5.32 Å². The van der Waals surface area contributed by atoms with E-state index in [1.54, 1.807) is 38.1 Å². The van der Waals surface area contributed by atoms with Gasteiger partial charge < -0.3 is 10.1 Å². The number of rotatable bonds is 6. The fraction of sp³-hybridized carbons (Fsp3) is 0.158. The van der Waals surface area contributed by atoms with Crippen molar-refractivity contribution >= 4 is 23.4 Å². The van der Waals surface area contributed by atoms with E-state index >= 15 is 0 Å². The molecule has 1 aromatic heterocycles. The summed E-state index contributed by atoms with van der Waals surface area (Å²) in [5, 5.41) is 10.3. The van der Waals surface area contributed by atoms with Gasteiger partial charge in [-0.15, -0.1) is 10.2 Å². The molecule has 3 aromatic rings. The van der Waals surface area contributed by atoms with Gasteiger partial charge in [0.25, 0.3) is 5.56 Å². The van der Waals surface area contributed by atoms with Crippen LogP contribution in [0.1, 0.15) is 12.6 Å². The van der Waals surface area contributed by atoms with Crippen LogP contribution in [0.4, 0.5) is 5.69 Å². The van der Waals surface area contributed by atoms with Crippen molar-refractivity contribution in [1.82, 2.24) is 15.2 Å². The summed E-state index contributed by atoms with van der Waals surface area (Å²) in [5.41, 5.74) is 0.625. The van der Waals surface area contributed by atoms with E-state index in [0.717, 1.165) is 17.5 Å². The van der Waals surface area contributed by atoms with Crippen LogP contribution in [0.2, 0.25) is 0 Å². The number of para-hydroxylation sites is 1. The number of aromatic amines is 1. The van der Waals surface area contributed by atoms with E-state index < -0.39 is 5.25 Å². The van der Waals surface area contributed by atoms with Crippen LogP contribution < -0.4 is 15.6 Å².